The number of piperazine rings is 1. The zero-order valence-electron chi connectivity index (χ0n) is 13.3. The Morgan fingerprint density at radius 3 is 2.87 bits per heavy atom. The molecule has 1 aromatic heterocycles. The number of hydrogen-bond donors (Lipinski definition) is 1. The predicted molar refractivity (Wildman–Crippen MR) is 93.1 cm³/mol. The summed E-state index contributed by atoms with van der Waals surface area (Å²) < 4.78 is 5.30. The lowest BCUT2D eigenvalue weighted by Gasteiger charge is -2.36. The standard InChI is InChI=1S/C16H21ClN4O.ClH/c1-11(2)16-19-15(20-22-16)10-21-8-7-18-9-14(21)12-5-3-4-6-13(12)17;/h3-6,11,14,18H,7-10H2,1-2H3;1H. The quantitative estimate of drug-likeness (QED) is 0.909. The van der Waals surface area contributed by atoms with E-state index < -0.39 is 0 Å². The predicted octanol–water partition coefficient (Wildman–Crippen LogP) is 3.41. The van der Waals surface area contributed by atoms with Crippen molar-refractivity contribution in [2.75, 3.05) is 19.6 Å². The highest BCUT2D eigenvalue weighted by Gasteiger charge is 2.26. The van der Waals surface area contributed by atoms with Crippen LogP contribution in [0.25, 0.3) is 0 Å². The summed E-state index contributed by atoms with van der Waals surface area (Å²) in [6, 6.07) is 8.24. The molecule has 1 aromatic carbocycles. The summed E-state index contributed by atoms with van der Waals surface area (Å²) in [7, 11) is 0. The van der Waals surface area contributed by atoms with E-state index >= 15 is 0 Å². The first kappa shape index (κ1) is 18.2. The average molecular weight is 357 g/mol. The minimum atomic E-state index is 0. The van der Waals surface area contributed by atoms with Crippen LogP contribution in [0.4, 0.5) is 0 Å². The lowest BCUT2D eigenvalue weighted by molar-refractivity contribution is 0.148. The van der Waals surface area contributed by atoms with Gasteiger partial charge in [-0.2, -0.15) is 4.98 Å². The molecule has 5 nitrogen and oxygen atoms in total. The Morgan fingerprint density at radius 2 is 2.17 bits per heavy atom. The monoisotopic (exact) mass is 356 g/mol. The van der Waals surface area contributed by atoms with Gasteiger partial charge in [-0.15, -0.1) is 12.4 Å². The van der Waals surface area contributed by atoms with Gasteiger partial charge in [-0.25, -0.2) is 0 Å². The van der Waals surface area contributed by atoms with Crippen LogP contribution in [0, 0.1) is 0 Å². The molecule has 0 amide bonds. The summed E-state index contributed by atoms with van der Waals surface area (Å²) in [5, 5.41) is 8.34. The van der Waals surface area contributed by atoms with Crippen LogP contribution in [-0.4, -0.2) is 34.7 Å². The first-order chi connectivity index (χ1) is 10.6. The maximum Gasteiger partial charge on any atom is 0.229 e. The zero-order valence-corrected chi connectivity index (χ0v) is 14.9. The fourth-order valence-corrected chi connectivity index (χ4v) is 3.00. The van der Waals surface area contributed by atoms with Gasteiger partial charge in [0.2, 0.25) is 5.89 Å². The van der Waals surface area contributed by atoms with Crippen LogP contribution in [0.15, 0.2) is 28.8 Å². The SMILES string of the molecule is CC(C)c1nc(CN2CCNCC2c2ccccc2Cl)no1.Cl. The maximum atomic E-state index is 6.37. The van der Waals surface area contributed by atoms with Gasteiger partial charge in [0.15, 0.2) is 5.82 Å². The molecule has 7 heteroatoms. The summed E-state index contributed by atoms with van der Waals surface area (Å²) in [6.45, 7) is 7.53. The maximum absolute atomic E-state index is 6.37. The van der Waals surface area contributed by atoms with E-state index in [1.54, 1.807) is 0 Å². The van der Waals surface area contributed by atoms with Crippen molar-refractivity contribution in [3.8, 4) is 0 Å². The number of rotatable bonds is 4. The Morgan fingerprint density at radius 1 is 1.39 bits per heavy atom. The molecule has 0 saturated carbocycles. The van der Waals surface area contributed by atoms with Crippen LogP contribution in [-0.2, 0) is 6.54 Å². The molecule has 1 aliphatic rings. The van der Waals surface area contributed by atoms with Crippen LogP contribution in [0.5, 0.6) is 0 Å². The minimum Gasteiger partial charge on any atom is -0.339 e. The van der Waals surface area contributed by atoms with Gasteiger partial charge in [0.1, 0.15) is 0 Å². The highest BCUT2D eigenvalue weighted by Crippen LogP contribution is 2.29. The van der Waals surface area contributed by atoms with Crippen molar-refractivity contribution < 1.29 is 4.52 Å². The highest BCUT2D eigenvalue weighted by atomic mass is 35.5. The molecular formula is C16H22Cl2N4O. The van der Waals surface area contributed by atoms with Gasteiger partial charge in [0, 0.05) is 36.6 Å². The second kappa shape index (κ2) is 8.11. The van der Waals surface area contributed by atoms with E-state index in [0.29, 0.717) is 12.4 Å². The molecule has 0 radical (unpaired) electrons. The zero-order chi connectivity index (χ0) is 15.5. The molecule has 2 heterocycles. The Kier molecular flexibility index (Phi) is 6.41. The van der Waals surface area contributed by atoms with Crippen LogP contribution in [0.1, 0.15) is 43.1 Å². The summed E-state index contributed by atoms with van der Waals surface area (Å²) >= 11 is 6.37. The Labute approximate surface area is 147 Å². The number of halogens is 2. The van der Waals surface area contributed by atoms with Crippen molar-refractivity contribution in [3.05, 3.63) is 46.6 Å². The lowest BCUT2D eigenvalue weighted by Crippen LogP contribution is -2.45. The van der Waals surface area contributed by atoms with Crippen LogP contribution < -0.4 is 5.32 Å². The molecule has 1 fully saturated rings. The van der Waals surface area contributed by atoms with Crippen molar-refractivity contribution in [1.29, 1.82) is 0 Å². The lowest BCUT2D eigenvalue weighted by atomic mass is 10.0. The molecule has 1 aliphatic heterocycles. The van der Waals surface area contributed by atoms with Gasteiger partial charge < -0.3 is 9.84 Å². The summed E-state index contributed by atoms with van der Waals surface area (Å²) in [6.07, 6.45) is 0. The van der Waals surface area contributed by atoms with Crippen LogP contribution in [0.3, 0.4) is 0 Å². The smallest absolute Gasteiger partial charge is 0.229 e. The Hall–Kier alpha value is -1.14. The molecule has 0 aliphatic carbocycles. The van der Waals surface area contributed by atoms with Crippen molar-refractivity contribution in [3.63, 3.8) is 0 Å². The minimum absolute atomic E-state index is 0. The number of benzene rings is 1. The van der Waals surface area contributed by atoms with Crippen molar-refractivity contribution in [2.45, 2.75) is 32.4 Å². The molecule has 2 aromatic rings. The molecule has 1 atom stereocenters. The molecule has 1 saturated heterocycles. The molecule has 1 unspecified atom stereocenters. The number of nitrogens with one attached hydrogen (secondary N) is 1. The van der Waals surface area contributed by atoms with Gasteiger partial charge >= 0.3 is 0 Å². The third kappa shape index (κ3) is 4.23. The fourth-order valence-electron chi connectivity index (χ4n) is 2.74. The van der Waals surface area contributed by atoms with Gasteiger partial charge in [-0.1, -0.05) is 48.8 Å². The second-order valence-electron chi connectivity index (χ2n) is 5.92. The molecule has 126 valence electrons. The first-order valence-corrected chi connectivity index (χ1v) is 8.04. The van der Waals surface area contributed by atoms with Crippen molar-refractivity contribution in [1.82, 2.24) is 20.4 Å². The normalized spacial score (nSPS) is 18.9. The summed E-state index contributed by atoms with van der Waals surface area (Å²) in [5.41, 5.74) is 1.14. The van der Waals surface area contributed by atoms with E-state index in [1.807, 2.05) is 18.2 Å². The van der Waals surface area contributed by atoms with Gasteiger partial charge in [0.25, 0.3) is 0 Å². The van der Waals surface area contributed by atoms with E-state index in [4.69, 9.17) is 16.1 Å². The van der Waals surface area contributed by atoms with E-state index in [0.717, 1.165) is 36.0 Å². The molecule has 1 N–H and O–H groups in total. The van der Waals surface area contributed by atoms with Crippen molar-refractivity contribution in [2.24, 2.45) is 0 Å². The third-order valence-electron chi connectivity index (χ3n) is 3.94. The Bertz CT molecular complexity index is 632. The molecule has 0 bridgehead atoms. The van der Waals surface area contributed by atoms with E-state index in [-0.39, 0.29) is 24.4 Å². The average Bonchev–Trinajstić information content (AvgIpc) is 2.97. The number of hydrogen-bond acceptors (Lipinski definition) is 5. The van der Waals surface area contributed by atoms with Gasteiger partial charge in [-0.05, 0) is 11.6 Å². The van der Waals surface area contributed by atoms with Gasteiger partial charge in [0.05, 0.1) is 6.54 Å². The first-order valence-electron chi connectivity index (χ1n) is 7.67. The number of aromatic nitrogens is 2. The van der Waals surface area contributed by atoms with Crippen LogP contribution >= 0.6 is 24.0 Å². The largest absolute Gasteiger partial charge is 0.339 e. The molecular weight excluding hydrogens is 335 g/mol. The highest BCUT2D eigenvalue weighted by molar-refractivity contribution is 6.31. The Balaban J connectivity index is 0.00000192. The summed E-state index contributed by atoms with van der Waals surface area (Å²) in [4.78, 5) is 6.84. The fraction of sp³-hybridized carbons (Fsp3) is 0.500. The number of nitrogens with zero attached hydrogens (tertiary/aromatic N) is 3. The van der Waals surface area contributed by atoms with E-state index in [1.165, 1.54) is 0 Å². The topological polar surface area (TPSA) is 54.2 Å². The van der Waals surface area contributed by atoms with Crippen LogP contribution in [0.2, 0.25) is 5.02 Å². The molecule has 23 heavy (non-hydrogen) atoms. The second-order valence-corrected chi connectivity index (χ2v) is 6.32. The van der Waals surface area contributed by atoms with Crippen molar-refractivity contribution >= 4 is 24.0 Å². The summed E-state index contributed by atoms with van der Waals surface area (Å²) in [5.74, 6) is 1.69. The third-order valence-corrected chi connectivity index (χ3v) is 4.28. The van der Waals surface area contributed by atoms with Gasteiger partial charge in [-0.3, -0.25) is 4.90 Å². The molecule has 0 spiro atoms. The van der Waals surface area contributed by atoms with E-state index in [9.17, 15) is 0 Å². The van der Waals surface area contributed by atoms with E-state index in [2.05, 4.69) is 40.3 Å². The molecule has 3 rings (SSSR count).